The second-order valence-electron chi connectivity index (χ2n) is 11.1. The van der Waals surface area contributed by atoms with E-state index >= 15 is 0 Å². The molecule has 1 aliphatic rings. The van der Waals surface area contributed by atoms with Crippen LogP contribution in [0.3, 0.4) is 0 Å². The van der Waals surface area contributed by atoms with E-state index in [9.17, 15) is 0 Å². The highest BCUT2D eigenvalue weighted by atomic mass is 14.8. The monoisotopic (exact) mass is 599 g/mol. The van der Waals surface area contributed by atoms with E-state index in [1.54, 1.807) is 0 Å². The number of hydrogen-bond donors (Lipinski definition) is 1. The van der Waals surface area contributed by atoms with Crippen molar-refractivity contribution in [2.24, 2.45) is 0 Å². The fourth-order valence-corrected chi connectivity index (χ4v) is 5.33. The zero-order valence-corrected chi connectivity index (χ0v) is 26.9. The Kier molecular flexibility index (Phi) is 11.1. The Labute approximate surface area is 274 Å². The molecule has 0 saturated carbocycles. The van der Waals surface area contributed by atoms with Crippen molar-refractivity contribution in [2.45, 2.75) is 27.2 Å². The summed E-state index contributed by atoms with van der Waals surface area (Å²) >= 11 is 0. The molecule has 1 aliphatic heterocycles. The molecule has 3 nitrogen and oxygen atoms in total. The minimum atomic E-state index is 0.846. The van der Waals surface area contributed by atoms with Crippen molar-refractivity contribution in [1.82, 2.24) is 15.3 Å². The molecule has 0 aliphatic carbocycles. The summed E-state index contributed by atoms with van der Waals surface area (Å²) in [5.74, 6) is 0. The largest absolute Gasteiger partial charge is 0.387 e. The lowest BCUT2D eigenvalue weighted by atomic mass is 9.90. The highest BCUT2D eigenvalue weighted by molar-refractivity contribution is 5.86. The van der Waals surface area contributed by atoms with Crippen molar-refractivity contribution in [2.75, 3.05) is 6.54 Å². The van der Waals surface area contributed by atoms with Gasteiger partial charge in [0.2, 0.25) is 0 Å². The fourth-order valence-electron chi connectivity index (χ4n) is 5.33. The molecule has 0 fully saturated rings. The van der Waals surface area contributed by atoms with E-state index in [1.807, 2.05) is 62.1 Å². The lowest BCUT2D eigenvalue weighted by Gasteiger charge is -2.15. The van der Waals surface area contributed by atoms with Gasteiger partial charge in [0.15, 0.2) is 0 Å². The molecule has 0 bridgehead atoms. The number of benzene rings is 3. The third-order valence-corrected chi connectivity index (χ3v) is 7.53. The molecule has 0 atom stereocenters. The summed E-state index contributed by atoms with van der Waals surface area (Å²) in [7, 11) is 0. The first-order chi connectivity index (χ1) is 22.6. The van der Waals surface area contributed by atoms with Gasteiger partial charge in [-0.15, -0.1) is 0 Å². The summed E-state index contributed by atoms with van der Waals surface area (Å²) in [6.07, 6.45) is 23.2. The van der Waals surface area contributed by atoms with Crippen LogP contribution in [0, 0.1) is 0 Å². The summed E-state index contributed by atoms with van der Waals surface area (Å²) in [5, 5.41) is 3.35. The topological polar surface area (TPSA) is 37.8 Å². The maximum absolute atomic E-state index is 4.38. The van der Waals surface area contributed by atoms with Gasteiger partial charge >= 0.3 is 0 Å². The van der Waals surface area contributed by atoms with Crippen LogP contribution in [0.1, 0.15) is 38.3 Å². The van der Waals surface area contributed by atoms with Crippen molar-refractivity contribution in [3.63, 3.8) is 0 Å². The molecule has 0 amide bonds. The lowest BCUT2D eigenvalue weighted by molar-refractivity contribution is 0.976. The second kappa shape index (κ2) is 16.0. The molecule has 228 valence electrons. The van der Waals surface area contributed by atoms with Crippen LogP contribution >= 0.6 is 0 Å². The van der Waals surface area contributed by atoms with Gasteiger partial charge in [0.05, 0.1) is 0 Å². The standard InChI is InChI=1S/C40H33N3.C3H8/c1-3-5-10-29(4-2)35-20-36(22-38(21-35)32-13-7-16-41-26-32)30-11-6-12-31(19-30)37-23-39(33-14-8-17-42-27-33)25-40(24-37)34-15-9-18-43-28-34;1-3-2/h3-17,19-28,43H,2,18H2,1H3;3H2,1-2H3/b5-3-,29-10+;. The van der Waals surface area contributed by atoms with Crippen LogP contribution < -0.4 is 5.32 Å². The van der Waals surface area contributed by atoms with Gasteiger partial charge in [-0.1, -0.05) is 93.6 Å². The molecule has 1 N–H and O–H groups in total. The molecule has 46 heavy (non-hydrogen) atoms. The van der Waals surface area contributed by atoms with Gasteiger partial charge in [-0.3, -0.25) is 9.97 Å². The van der Waals surface area contributed by atoms with Gasteiger partial charge in [0, 0.05) is 48.7 Å². The molecule has 5 aromatic rings. The molecule has 3 heterocycles. The Morgan fingerprint density at radius 3 is 1.76 bits per heavy atom. The van der Waals surface area contributed by atoms with E-state index < -0.39 is 0 Å². The molecule has 0 unspecified atom stereocenters. The maximum atomic E-state index is 4.38. The zero-order chi connectivity index (χ0) is 32.1. The van der Waals surface area contributed by atoms with Crippen molar-refractivity contribution < 1.29 is 0 Å². The zero-order valence-electron chi connectivity index (χ0n) is 26.9. The first kappa shape index (κ1) is 31.9. The minimum Gasteiger partial charge on any atom is -0.387 e. The Balaban J connectivity index is 0.00000134. The number of pyridine rings is 2. The van der Waals surface area contributed by atoms with Crippen molar-refractivity contribution in [3.8, 4) is 44.5 Å². The van der Waals surface area contributed by atoms with Gasteiger partial charge in [-0.2, -0.15) is 0 Å². The minimum absolute atomic E-state index is 0.846. The molecular weight excluding hydrogens is 558 g/mol. The van der Waals surface area contributed by atoms with Gasteiger partial charge in [0.1, 0.15) is 0 Å². The average Bonchev–Trinajstić information content (AvgIpc) is 3.13. The Morgan fingerprint density at radius 1 is 0.717 bits per heavy atom. The van der Waals surface area contributed by atoms with Crippen LogP contribution in [0.5, 0.6) is 0 Å². The van der Waals surface area contributed by atoms with Crippen molar-refractivity contribution in [1.29, 1.82) is 0 Å². The smallest absolute Gasteiger partial charge is 0.0346 e. The highest BCUT2D eigenvalue weighted by Gasteiger charge is 2.12. The SMILES string of the molecule is C=C/C(=C\C=C/C)c1cc(-c2cccnc2)cc(-c2cccc(-c3cc(C4=CNCC=C4)cc(-c4cccnc4)c3)c2)c1.CCC. The number of nitrogens with zero attached hydrogens (tertiary/aromatic N) is 2. The Morgan fingerprint density at radius 2 is 1.24 bits per heavy atom. The average molecular weight is 600 g/mol. The molecule has 0 spiro atoms. The van der Waals surface area contributed by atoms with Crippen LogP contribution in [0.25, 0.3) is 55.7 Å². The first-order valence-electron chi connectivity index (χ1n) is 15.9. The molecular formula is C43H41N3. The molecule has 6 rings (SSSR count). The predicted molar refractivity (Wildman–Crippen MR) is 198 cm³/mol. The van der Waals surface area contributed by atoms with E-state index in [-0.39, 0.29) is 0 Å². The summed E-state index contributed by atoms with van der Waals surface area (Å²) in [5.41, 5.74) is 13.5. The van der Waals surface area contributed by atoms with Crippen LogP contribution in [0.15, 0.2) is 159 Å². The van der Waals surface area contributed by atoms with E-state index in [0.717, 1.165) is 73.3 Å². The van der Waals surface area contributed by atoms with Crippen LogP contribution in [-0.4, -0.2) is 16.5 Å². The van der Waals surface area contributed by atoms with E-state index in [4.69, 9.17) is 0 Å². The maximum Gasteiger partial charge on any atom is 0.0346 e. The van der Waals surface area contributed by atoms with E-state index in [1.165, 1.54) is 6.42 Å². The Bertz CT molecular complexity index is 1890. The van der Waals surface area contributed by atoms with Crippen LogP contribution in [0.4, 0.5) is 0 Å². The Hall–Kier alpha value is -5.54. The lowest BCUT2D eigenvalue weighted by Crippen LogP contribution is -2.08. The second-order valence-corrected chi connectivity index (χ2v) is 11.1. The summed E-state index contributed by atoms with van der Waals surface area (Å²) < 4.78 is 0. The van der Waals surface area contributed by atoms with Crippen molar-refractivity contribution >= 4 is 11.1 Å². The number of aromatic nitrogens is 2. The highest BCUT2D eigenvalue weighted by Crippen LogP contribution is 2.35. The van der Waals surface area contributed by atoms with Crippen molar-refractivity contribution in [3.05, 3.63) is 170 Å². The molecule has 2 aromatic heterocycles. The van der Waals surface area contributed by atoms with E-state index in [0.29, 0.717) is 0 Å². The number of dihydropyridines is 1. The van der Waals surface area contributed by atoms with Gasteiger partial charge < -0.3 is 5.32 Å². The normalized spacial score (nSPS) is 12.6. The summed E-state index contributed by atoms with van der Waals surface area (Å²) in [4.78, 5) is 8.76. The fraction of sp³-hybridized carbons (Fsp3) is 0.116. The third kappa shape index (κ3) is 7.94. The number of hydrogen-bond acceptors (Lipinski definition) is 3. The molecule has 3 aromatic carbocycles. The van der Waals surface area contributed by atoms with Crippen LogP contribution in [0.2, 0.25) is 0 Å². The molecule has 0 saturated heterocycles. The third-order valence-electron chi connectivity index (χ3n) is 7.53. The van der Waals surface area contributed by atoms with Gasteiger partial charge in [0.25, 0.3) is 0 Å². The molecule has 0 radical (unpaired) electrons. The summed E-state index contributed by atoms with van der Waals surface area (Å²) in [6, 6.07) is 30.4. The number of allylic oxidation sites excluding steroid dienone is 7. The number of rotatable bonds is 8. The van der Waals surface area contributed by atoms with E-state index in [2.05, 4.69) is 133 Å². The molecule has 3 heteroatoms. The van der Waals surface area contributed by atoms with Gasteiger partial charge in [-0.25, -0.2) is 0 Å². The summed E-state index contributed by atoms with van der Waals surface area (Å²) in [6.45, 7) is 11.2. The first-order valence-corrected chi connectivity index (χ1v) is 15.9. The quantitative estimate of drug-likeness (QED) is 0.180. The predicted octanol–water partition coefficient (Wildman–Crippen LogP) is 11.2. The number of nitrogens with one attached hydrogen (secondary N) is 1. The van der Waals surface area contributed by atoms with Crippen LogP contribution in [-0.2, 0) is 0 Å². The van der Waals surface area contributed by atoms with Gasteiger partial charge in [-0.05, 0) is 117 Å².